The Morgan fingerprint density at radius 3 is 2.88 bits per heavy atom. The summed E-state index contributed by atoms with van der Waals surface area (Å²) in [5, 5.41) is 3.42. The standard InChI is InChI=1S/C14H23N3/c1-2-3-6-14(13-5-4-7-16-12-13)17-10-8-15-9-11-17/h4-5,7,12,14-15H,2-3,6,8-11H2,1H3/t14-/m1/s1. The number of unbranched alkanes of at least 4 members (excludes halogenated alkanes) is 1. The Morgan fingerprint density at radius 1 is 1.41 bits per heavy atom. The molecule has 1 aliphatic heterocycles. The zero-order valence-electron chi connectivity index (χ0n) is 10.7. The number of aromatic nitrogens is 1. The maximum Gasteiger partial charge on any atom is 0.0364 e. The first-order chi connectivity index (χ1) is 8.42. The van der Waals surface area contributed by atoms with Crippen LogP contribution in [0.5, 0.6) is 0 Å². The van der Waals surface area contributed by atoms with E-state index in [0.29, 0.717) is 6.04 Å². The van der Waals surface area contributed by atoms with E-state index in [1.165, 1.54) is 24.8 Å². The average molecular weight is 233 g/mol. The van der Waals surface area contributed by atoms with Crippen molar-refractivity contribution in [2.24, 2.45) is 0 Å². The zero-order chi connectivity index (χ0) is 11.9. The van der Waals surface area contributed by atoms with Gasteiger partial charge in [-0.15, -0.1) is 0 Å². The average Bonchev–Trinajstić information content (AvgIpc) is 2.42. The summed E-state index contributed by atoms with van der Waals surface area (Å²) in [6.07, 6.45) is 7.70. The number of pyridine rings is 1. The molecule has 0 spiro atoms. The molecule has 3 heteroatoms. The lowest BCUT2D eigenvalue weighted by atomic mass is 10.0. The van der Waals surface area contributed by atoms with E-state index in [2.05, 4.69) is 34.3 Å². The predicted octanol–water partition coefficient (Wildman–Crippen LogP) is 2.22. The summed E-state index contributed by atoms with van der Waals surface area (Å²) in [6, 6.07) is 4.83. The van der Waals surface area contributed by atoms with Crippen molar-refractivity contribution in [1.29, 1.82) is 0 Å². The zero-order valence-corrected chi connectivity index (χ0v) is 10.7. The summed E-state index contributed by atoms with van der Waals surface area (Å²) in [5.41, 5.74) is 1.38. The molecule has 1 aliphatic rings. The van der Waals surface area contributed by atoms with Crippen LogP contribution < -0.4 is 5.32 Å². The van der Waals surface area contributed by atoms with Crippen LogP contribution in [0.15, 0.2) is 24.5 Å². The van der Waals surface area contributed by atoms with Crippen LogP contribution in [-0.2, 0) is 0 Å². The maximum atomic E-state index is 4.27. The van der Waals surface area contributed by atoms with Crippen LogP contribution in [0.25, 0.3) is 0 Å². The van der Waals surface area contributed by atoms with Gasteiger partial charge in [-0.3, -0.25) is 9.88 Å². The van der Waals surface area contributed by atoms with Gasteiger partial charge in [0, 0.05) is 44.6 Å². The predicted molar refractivity (Wildman–Crippen MR) is 70.9 cm³/mol. The molecule has 0 aromatic carbocycles. The van der Waals surface area contributed by atoms with Crippen molar-refractivity contribution in [3.63, 3.8) is 0 Å². The third kappa shape index (κ3) is 3.51. The van der Waals surface area contributed by atoms with Gasteiger partial charge in [0.15, 0.2) is 0 Å². The summed E-state index contributed by atoms with van der Waals surface area (Å²) in [6.45, 7) is 6.80. The summed E-state index contributed by atoms with van der Waals surface area (Å²) >= 11 is 0. The normalized spacial score (nSPS) is 19.1. The van der Waals surface area contributed by atoms with Gasteiger partial charge in [0.2, 0.25) is 0 Å². The Labute approximate surface area is 104 Å². The molecule has 1 N–H and O–H groups in total. The minimum atomic E-state index is 0.561. The van der Waals surface area contributed by atoms with E-state index in [0.717, 1.165) is 26.2 Å². The van der Waals surface area contributed by atoms with Gasteiger partial charge in [0.05, 0.1) is 0 Å². The lowest BCUT2D eigenvalue weighted by Crippen LogP contribution is -2.45. The molecular formula is C14H23N3. The van der Waals surface area contributed by atoms with E-state index in [-0.39, 0.29) is 0 Å². The third-order valence-corrected chi connectivity index (χ3v) is 3.49. The second-order valence-electron chi connectivity index (χ2n) is 4.73. The Bertz CT molecular complexity index is 307. The fourth-order valence-electron chi connectivity index (χ4n) is 2.52. The van der Waals surface area contributed by atoms with Crippen molar-refractivity contribution >= 4 is 0 Å². The van der Waals surface area contributed by atoms with Gasteiger partial charge in [0.25, 0.3) is 0 Å². The summed E-state index contributed by atoms with van der Waals surface area (Å²) in [5.74, 6) is 0. The molecule has 0 unspecified atom stereocenters. The van der Waals surface area contributed by atoms with E-state index in [9.17, 15) is 0 Å². The monoisotopic (exact) mass is 233 g/mol. The molecular weight excluding hydrogens is 210 g/mol. The Hall–Kier alpha value is -0.930. The molecule has 1 saturated heterocycles. The van der Waals surface area contributed by atoms with Crippen molar-refractivity contribution in [3.8, 4) is 0 Å². The highest BCUT2D eigenvalue weighted by atomic mass is 15.2. The van der Waals surface area contributed by atoms with Crippen LogP contribution in [0.3, 0.4) is 0 Å². The Morgan fingerprint density at radius 2 is 2.24 bits per heavy atom. The second-order valence-corrected chi connectivity index (χ2v) is 4.73. The van der Waals surface area contributed by atoms with Crippen LogP contribution in [0, 0.1) is 0 Å². The van der Waals surface area contributed by atoms with Crippen LogP contribution >= 0.6 is 0 Å². The summed E-state index contributed by atoms with van der Waals surface area (Å²) in [7, 11) is 0. The molecule has 94 valence electrons. The highest BCUT2D eigenvalue weighted by molar-refractivity contribution is 5.14. The van der Waals surface area contributed by atoms with Crippen molar-refractivity contribution in [3.05, 3.63) is 30.1 Å². The number of piperazine rings is 1. The first-order valence-electron chi connectivity index (χ1n) is 6.76. The van der Waals surface area contributed by atoms with Gasteiger partial charge in [-0.05, 0) is 18.1 Å². The molecule has 1 aromatic heterocycles. The highest BCUT2D eigenvalue weighted by Crippen LogP contribution is 2.25. The quantitative estimate of drug-likeness (QED) is 0.845. The number of nitrogens with zero attached hydrogens (tertiary/aromatic N) is 2. The van der Waals surface area contributed by atoms with Gasteiger partial charge >= 0.3 is 0 Å². The first kappa shape index (κ1) is 12.5. The molecule has 0 radical (unpaired) electrons. The van der Waals surface area contributed by atoms with Gasteiger partial charge in [-0.2, -0.15) is 0 Å². The van der Waals surface area contributed by atoms with Crippen molar-refractivity contribution in [1.82, 2.24) is 15.2 Å². The lowest BCUT2D eigenvalue weighted by Gasteiger charge is -2.35. The molecule has 0 saturated carbocycles. The molecule has 0 amide bonds. The number of hydrogen-bond acceptors (Lipinski definition) is 3. The highest BCUT2D eigenvalue weighted by Gasteiger charge is 2.21. The van der Waals surface area contributed by atoms with Crippen molar-refractivity contribution in [2.75, 3.05) is 26.2 Å². The topological polar surface area (TPSA) is 28.2 Å². The molecule has 3 nitrogen and oxygen atoms in total. The molecule has 1 aromatic rings. The summed E-state index contributed by atoms with van der Waals surface area (Å²) < 4.78 is 0. The first-order valence-corrected chi connectivity index (χ1v) is 6.76. The maximum absolute atomic E-state index is 4.27. The van der Waals surface area contributed by atoms with Crippen LogP contribution in [0.2, 0.25) is 0 Å². The van der Waals surface area contributed by atoms with Crippen LogP contribution in [0.4, 0.5) is 0 Å². The minimum absolute atomic E-state index is 0.561. The molecule has 0 bridgehead atoms. The largest absolute Gasteiger partial charge is 0.314 e. The molecule has 2 rings (SSSR count). The van der Waals surface area contributed by atoms with E-state index in [1.54, 1.807) is 0 Å². The smallest absolute Gasteiger partial charge is 0.0364 e. The minimum Gasteiger partial charge on any atom is -0.314 e. The van der Waals surface area contributed by atoms with Crippen molar-refractivity contribution < 1.29 is 0 Å². The van der Waals surface area contributed by atoms with E-state index < -0.39 is 0 Å². The van der Waals surface area contributed by atoms with E-state index in [4.69, 9.17) is 0 Å². The SMILES string of the molecule is CCCC[C@H](c1cccnc1)N1CCNCC1. The number of nitrogens with one attached hydrogen (secondary N) is 1. The van der Waals surface area contributed by atoms with E-state index in [1.807, 2.05) is 12.4 Å². The van der Waals surface area contributed by atoms with Crippen LogP contribution in [-0.4, -0.2) is 36.1 Å². The molecule has 2 heterocycles. The molecule has 1 fully saturated rings. The molecule has 0 aliphatic carbocycles. The van der Waals surface area contributed by atoms with E-state index >= 15 is 0 Å². The van der Waals surface area contributed by atoms with Gasteiger partial charge in [-0.1, -0.05) is 25.8 Å². The second kappa shape index (κ2) is 6.72. The third-order valence-electron chi connectivity index (χ3n) is 3.49. The Balaban J connectivity index is 2.06. The van der Waals surface area contributed by atoms with Crippen LogP contribution in [0.1, 0.15) is 37.8 Å². The van der Waals surface area contributed by atoms with Gasteiger partial charge < -0.3 is 5.32 Å². The van der Waals surface area contributed by atoms with Gasteiger partial charge in [0.1, 0.15) is 0 Å². The fraction of sp³-hybridized carbons (Fsp3) is 0.643. The summed E-state index contributed by atoms with van der Waals surface area (Å²) in [4.78, 5) is 6.87. The number of rotatable bonds is 5. The number of hydrogen-bond donors (Lipinski definition) is 1. The molecule has 1 atom stereocenters. The Kier molecular flexibility index (Phi) is 4.95. The fourth-order valence-corrected chi connectivity index (χ4v) is 2.52. The van der Waals surface area contributed by atoms with Gasteiger partial charge in [-0.25, -0.2) is 0 Å². The van der Waals surface area contributed by atoms with Crippen molar-refractivity contribution in [2.45, 2.75) is 32.2 Å². The lowest BCUT2D eigenvalue weighted by molar-refractivity contribution is 0.163. The molecule has 17 heavy (non-hydrogen) atoms.